The molecular weight excluding hydrogens is 396 g/mol. The Balaban J connectivity index is 2.91. The maximum absolute atomic E-state index is 11.2. The predicted octanol–water partition coefficient (Wildman–Crippen LogP) is 1.33. The van der Waals surface area contributed by atoms with Crippen molar-refractivity contribution >= 4 is 26.2 Å². The summed E-state index contributed by atoms with van der Waals surface area (Å²) < 4.78 is 58.7. The molecule has 0 atom stereocenters. The van der Waals surface area contributed by atoms with Crippen LogP contribution in [-0.2, 0) is 51.3 Å². The molecule has 0 saturated heterocycles. The van der Waals surface area contributed by atoms with E-state index >= 15 is 0 Å². The summed E-state index contributed by atoms with van der Waals surface area (Å²) in [5.41, 5.74) is 1.57. The molecule has 0 N–H and O–H groups in total. The maximum atomic E-state index is 11.2. The number of rotatable bonds is 9. The summed E-state index contributed by atoms with van der Waals surface area (Å²) in [6.07, 6.45) is 3.15. The van der Waals surface area contributed by atoms with E-state index in [2.05, 4.69) is 16.6 Å². The highest BCUT2D eigenvalue weighted by atomic mass is 32.2. The fourth-order valence-corrected chi connectivity index (χ4v) is 2.64. The lowest BCUT2D eigenvalue weighted by atomic mass is 10.1. The summed E-state index contributed by atoms with van der Waals surface area (Å²) >= 11 is 0. The first-order valence-corrected chi connectivity index (χ1v) is 11.5. The topological polar surface area (TPSA) is 113 Å². The van der Waals surface area contributed by atoms with Gasteiger partial charge in [0.25, 0.3) is 20.2 Å². The molecule has 8 nitrogen and oxygen atoms in total. The van der Waals surface area contributed by atoms with Gasteiger partial charge in [-0.3, -0.25) is 13.2 Å². The lowest BCUT2D eigenvalue weighted by Crippen LogP contribution is -2.05. The molecule has 1 aromatic rings. The standard InChI is InChI=1S/C17H22O8S2/c1-23-17(18)8-6-4-5-7-14-9-15(12-24-26(2,19)20)11-16(10-14)13-25-27(3,21)22/h9-11H,4,6,8,12-13H2,1-3H3. The van der Waals surface area contributed by atoms with Crippen molar-refractivity contribution < 1.29 is 34.7 Å². The summed E-state index contributed by atoms with van der Waals surface area (Å²) in [7, 11) is -5.93. The van der Waals surface area contributed by atoms with Gasteiger partial charge in [-0.1, -0.05) is 17.9 Å². The van der Waals surface area contributed by atoms with Crippen LogP contribution in [0.4, 0.5) is 0 Å². The van der Waals surface area contributed by atoms with Crippen molar-refractivity contribution in [1.82, 2.24) is 0 Å². The fourth-order valence-electron chi connectivity index (χ4n) is 1.94. The third kappa shape index (κ3) is 11.4. The van der Waals surface area contributed by atoms with Crippen LogP contribution in [0.2, 0.25) is 0 Å². The molecule has 0 aliphatic carbocycles. The number of carbonyl (C=O) groups excluding carboxylic acids is 1. The van der Waals surface area contributed by atoms with Crippen molar-refractivity contribution in [3.63, 3.8) is 0 Å². The summed E-state index contributed by atoms with van der Waals surface area (Å²) in [6.45, 7) is -0.412. The minimum atomic E-state index is -3.63. The number of hydrogen-bond acceptors (Lipinski definition) is 8. The molecule has 0 aromatic heterocycles. The van der Waals surface area contributed by atoms with E-state index in [4.69, 9.17) is 8.37 Å². The molecule has 150 valence electrons. The molecular formula is C17H22O8S2. The smallest absolute Gasteiger partial charge is 0.305 e. The maximum Gasteiger partial charge on any atom is 0.305 e. The first-order chi connectivity index (χ1) is 12.5. The van der Waals surface area contributed by atoms with Gasteiger partial charge in [0.15, 0.2) is 0 Å². The van der Waals surface area contributed by atoms with Gasteiger partial charge < -0.3 is 4.74 Å². The normalized spacial score (nSPS) is 11.5. The molecule has 0 radical (unpaired) electrons. The second-order valence-electron chi connectivity index (χ2n) is 5.70. The lowest BCUT2D eigenvalue weighted by molar-refractivity contribution is -0.140. The van der Waals surface area contributed by atoms with E-state index in [1.54, 1.807) is 18.2 Å². The summed E-state index contributed by atoms with van der Waals surface area (Å²) in [5.74, 6) is 5.50. The molecule has 0 heterocycles. The Morgan fingerprint density at radius 2 is 1.48 bits per heavy atom. The number of methoxy groups -OCH3 is 1. The number of esters is 1. The van der Waals surface area contributed by atoms with Gasteiger partial charge in [0.2, 0.25) is 0 Å². The van der Waals surface area contributed by atoms with E-state index in [1.807, 2.05) is 0 Å². The highest BCUT2D eigenvalue weighted by molar-refractivity contribution is 7.86. The van der Waals surface area contributed by atoms with E-state index < -0.39 is 20.2 Å². The van der Waals surface area contributed by atoms with Crippen LogP contribution < -0.4 is 0 Å². The molecule has 10 heteroatoms. The number of benzene rings is 1. The molecule has 0 amide bonds. The van der Waals surface area contributed by atoms with Crippen molar-refractivity contribution in [2.24, 2.45) is 0 Å². The average molecular weight is 418 g/mol. The van der Waals surface area contributed by atoms with Crippen LogP contribution in [0.1, 0.15) is 36.0 Å². The number of hydrogen-bond donors (Lipinski definition) is 0. The predicted molar refractivity (Wildman–Crippen MR) is 98.5 cm³/mol. The van der Waals surface area contributed by atoms with Crippen molar-refractivity contribution in [3.05, 3.63) is 34.9 Å². The van der Waals surface area contributed by atoms with Crippen molar-refractivity contribution in [2.75, 3.05) is 19.6 Å². The van der Waals surface area contributed by atoms with Crippen LogP contribution in [0.25, 0.3) is 0 Å². The molecule has 1 rings (SSSR count). The van der Waals surface area contributed by atoms with Crippen LogP contribution >= 0.6 is 0 Å². The van der Waals surface area contributed by atoms with Gasteiger partial charge in [-0.25, -0.2) is 0 Å². The lowest BCUT2D eigenvalue weighted by Gasteiger charge is -2.07. The molecule has 0 spiro atoms. The van der Waals surface area contributed by atoms with Crippen LogP contribution in [0, 0.1) is 11.8 Å². The van der Waals surface area contributed by atoms with Crippen molar-refractivity contribution in [3.8, 4) is 11.8 Å². The number of unbranched alkanes of at least 4 members (excludes halogenated alkanes) is 1. The zero-order chi connectivity index (χ0) is 20.5. The van der Waals surface area contributed by atoms with Gasteiger partial charge in [0.1, 0.15) is 0 Å². The molecule has 0 fully saturated rings. The SMILES string of the molecule is COC(=O)CCCC#Cc1cc(COS(C)(=O)=O)cc(COS(C)(=O)=O)c1. The van der Waals surface area contributed by atoms with Crippen LogP contribution in [0.3, 0.4) is 0 Å². The van der Waals surface area contributed by atoms with Crippen molar-refractivity contribution in [2.45, 2.75) is 32.5 Å². The van der Waals surface area contributed by atoms with Gasteiger partial charge in [-0.2, -0.15) is 16.8 Å². The van der Waals surface area contributed by atoms with Gasteiger partial charge >= 0.3 is 5.97 Å². The van der Waals surface area contributed by atoms with Gasteiger partial charge in [0, 0.05) is 18.4 Å². The van der Waals surface area contributed by atoms with Gasteiger partial charge in [-0.05, 0) is 29.7 Å². The van der Waals surface area contributed by atoms with E-state index in [-0.39, 0.29) is 25.6 Å². The monoisotopic (exact) mass is 418 g/mol. The highest BCUT2D eigenvalue weighted by Crippen LogP contribution is 2.14. The van der Waals surface area contributed by atoms with E-state index in [0.29, 0.717) is 29.5 Å². The summed E-state index contributed by atoms with van der Waals surface area (Å²) in [6, 6.07) is 4.86. The van der Waals surface area contributed by atoms with Crippen LogP contribution in [0.15, 0.2) is 18.2 Å². The molecule has 27 heavy (non-hydrogen) atoms. The molecule has 0 aliphatic heterocycles. The fraction of sp³-hybridized carbons (Fsp3) is 0.471. The van der Waals surface area contributed by atoms with Gasteiger partial charge in [-0.15, -0.1) is 0 Å². The molecule has 1 aromatic carbocycles. The zero-order valence-electron chi connectivity index (χ0n) is 15.4. The Kier molecular flexibility index (Phi) is 8.92. The third-order valence-electron chi connectivity index (χ3n) is 3.07. The molecule has 0 aliphatic rings. The van der Waals surface area contributed by atoms with E-state index in [9.17, 15) is 21.6 Å². The summed E-state index contributed by atoms with van der Waals surface area (Å²) in [5, 5.41) is 0. The van der Waals surface area contributed by atoms with Crippen molar-refractivity contribution in [1.29, 1.82) is 0 Å². The van der Waals surface area contributed by atoms with Crippen LogP contribution in [0.5, 0.6) is 0 Å². The average Bonchev–Trinajstić information content (AvgIpc) is 2.56. The zero-order valence-corrected chi connectivity index (χ0v) is 17.0. The highest BCUT2D eigenvalue weighted by Gasteiger charge is 2.08. The Morgan fingerprint density at radius 1 is 0.963 bits per heavy atom. The van der Waals surface area contributed by atoms with E-state index in [0.717, 1.165) is 12.5 Å². The Bertz CT molecular complexity index is 867. The Labute approximate surface area is 160 Å². The van der Waals surface area contributed by atoms with Gasteiger partial charge in [0.05, 0.1) is 32.8 Å². The first-order valence-electron chi connectivity index (χ1n) is 7.86. The Morgan fingerprint density at radius 3 is 1.93 bits per heavy atom. The Hall–Kier alpha value is -1.93. The number of ether oxygens (including phenoxy) is 1. The van der Waals surface area contributed by atoms with Crippen LogP contribution in [-0.4, -0.2) is 42.4 Å². The largest absolute Gasteiger partial charge is 0.469 e. The second-order valence-corrected chi connectivity index (χ2v) is 8.99. The minimum Gasteiger partial charge on any atom is -0.469 e. The first kappa shape index (κ1) is 23.1. The summed E-state index contributed by atoms with van der Waals surface area (Å²) in [4.78, 5) is 11.0. The van der Waals surface area contributed by atoms with E-state index in [1.165, 1.54) is 7.11 Å². The molecule has 0 bridgehead atoms. The number of carbonyl (C=O) groups is 1. The quantitative estimate of drug-likeness (QED) is 0.255. The second kappa shape index (κ2) is 10.4. The minimum absolute atomic E-state index is 0.206. The molecule has 0 unspecified atom stereocenters. The molecule has 0 saturated carbocycles. The third-order valence-corrected chi connectivity index (χ3v) is 4.17.